The molecule has 0 fully saturated rings. The van der Waals surface area contributed by atoms with Crippen molar-refractivity contribution < 1.29 is 10.2 Å². The third-order valence-electron chi connectivity index (χ3n) is 6.30. The van der Waals surface area contributed by atoms with E-state index in [1.165, 1.54) is 0 Å². The first-order valence-electron chi connectivity index (χ1n) is 11.6. The molecule has 0 spiro atoms. The Morgan fingerprint density at radius 2 is 0.794 bits per heavy atom. The number of rotatable bonds is 7. The molecule has 0 heterocycles. The van der Waals surface area contributed by atoms with Gasteiger partial charge in [0, 0.05) is 46.7 Å². The van der Waals surface area contributed by atoms with Gasteiger partial charge in [0.1, 0.15) is 11.5 Å². The fraction of sp³-hybridized carbons (Fsp3) is 0.200. The van der Waals surface area contributed by atoms with Gasteiger partial charge in [-0.1, -0.05) is 48.5 Å². The maximum atomic E-state index is 10.6. The molecule has 0 saturated carbocycles. The topological polar surface area (TPSA) is 64.5 Å². The summed E-state index contributed by atoms with van der Waals surface area (Å²) < 4.78 is 0. The van der Waals surface area contributed by atoms with Gasteiger partial charge in [0.25, 0.3) is 0 Å². The summed E-state index contributed by atoms with van der Waals surface area (Å²) in [7, 11) is 0. The van der Waals surface area contributed by atoms with E-state index in [0.717, 1.165) is 55.9 Å². The highest BCUT2D eigenvalue weighted by Crippen LogP contribution is 2.40. The molecule has 0 aromatic heterocycles. The molecule has 4 aromatic rings. The molecule has 0 atom stereocenters. The van der Waals surface area contributed by atoms with Gasteiger partial charge in [-0.05, 0) is 74.2 Å². The Morgan fingerprint density at radius 3 is 1.15 bits per heavy atom. The van der Waals surface area contributed by atoms with Crippen LogP contribution in [0.15, 0.2) is 72.8 Å². The van der Waals surface area contributed by atoms with Gasteiger partial charge in [-0.15, -0.1) is 0 Å². The Balaban J connectivity index is 1.56. The van der Waals surface area contributed by atoms with Crippen molar-refractivity contribution >= 4 is 11.4 Å². The molecule has 0 unspecified atom stereocenters. The van der Waals surface area contributed by atoms with Crippen LogP contribution >= 0.6 is 0 Å². The molecule has 4 N–H and O–H groups in total. The second-order valence-corrected chi connectivity index (χ2v) is 8.79. The summed E-state index contributed by atoms with van der Waals surface area (Å²) in [6, 6.07) is 23.6. The van der Waals surface area contributed by atoms with Gasteiger partial charge in [-0.2, -0.15) is 0 Å². The molecule has 4 aromatic carbocycles. The van der Waals surface area contributed by atoms with Crippen LogP contribution in [0.2, 0.25) is 0 Å². The second-order valence-electron chi connectivity index (χ2n) is 8.79. The van der Waals surface area contributed by atoms with Crippen molar-refractivity contribution in [1.29, 1.82) is 0 Å². The molecule has 0 aliphatic rings. The Morgan fingerprint density at radius 1 is 0.471 bits per heavy atom. The van der Waals surface area contributed by atoms with Gasteiger partial charge in [-0.25, -0.2) is 0 Å². The SMILES string of the molecule is Cc1cccc(O)c1-c1c(C)cccc1NCCNc1cccc(C)c1-c1c(C)cccc1O. The van der Waals surface area contributed by atoms with Crippen LogP contribution in [0.4, 0.5) is 11.4 Å². The monoisotopic (exact) mass is 452 g/mol. The van der Waals surface area contributed by atoms with Crippen molar-refractivity contribution in [3.63, 3.8) is 0 Å². The molecule has 0 aliphatic heterocycles. The summed E-state index contributed by atoms with van der Waals surface area (Å²) in [5.74, 6) is 0.579. The zero-order valence-corrected chi connectivity index (χ0v) is 20.2. The van der Waals surface area contributed by atoms with E-state index in [0.29, 0.717) is 13.1 Å². The van der Waals surface area contributed by atoms with E-state index in [1.807, 2.05) is 50.2 Å². The van der Waals surface area contributed by atoms with Crippen LogP contribution in [0.25, 0.3) is 22.3 Å². The van der Waals surface area contributed by atoms with E-state index in [4.69, 9.17) is 0 Å². The molecule has 0 radical (unpaired) electrons. The largest absolute Gasteiger partial charge is 0.507 e. The first kappa shape index (κ1) is 23.2. The minimum Gasteiger partial charge on any atom is -0.507 e. The summed E-state index contributed by atoms with van der Waals surface area (Å²) in [6.45, 7) is 9.56. The molecule has 0 saturated heterocycles. The van der Waals surface area contributed by atoms with Crippen LogP contribution in [0.1, 0.15) is 22.3 Å². The average Bonchev–Trinajstić information content (AvgIpc) is 2.79. The van der Waals surface area contributed by atoms with E-state index in [-0.39, 0.29) is 11.5 Å². The lowest BCUT2D eigenvalue weighted by Gasteiger charge is -2.19. The normalized spacial score (nSPS) is 10.8. The minimum atomic E-state index is 0.290. The number of nitrogens with one attached hydrogen (secondary N) is 2. The van der Waals surface area contributed by atoms with Crippen LogP contribution in [0.3, 0.4) is 0 Å². The number of aryl methyl sites for hydroxylation is 4. The standard InChI is InChI=1S/C30H32N2O2/c1-19-9-5-13-23(27(19)29-21(3)11-7-15-25(29)33)31-17-18-32-24-14-6-10-20(2)28(24)30-22(4)12-8-16-26(30)34/h5-16,31-34H,17-18H2,1-4H3. The van der Waals surface area contributed by atoms with Crippen LogP contribution in [0, 0.1) is 27.7 Å². The lowest BCUT2D eigenvalue weighted by Crippen LogP contribution is -2.15. The molecule has 174 valence electrons. The molecule has 0 bridgehead atoms. The summed E-state index contributed by atoms with van der Waals surface area (Å²) in [6.07, 6.45) is 0. The smallest absolute Gasteiger partial charge is 0.123 e. The molecule has 4 nitrogen and oxygen atoms in total. The van der Waals surface area contributed by atoms with Gasteiger partial charge in [0.05, 0.1) is 0 Å². The lowest BCUT2D eigenvalue weighted by molar-refractivity contribution is 0.476. The molecule has 0 aliphatic carbocycles. The lowest BCUT2D eigenvalue weighted by atomic mass is 9.94. The van der Waals surface area contributed by atoms with Crippen molar-refractivity contribution in [3.8, 4) is 33.8 Å². The Bertz CT molecular complexity index is 1180. The van der Waals surface area contributed by atoms with Crippen LogP contribution in [-0.2, 0) is 0 Å². The van der Waals surface area contributed by atoms with Crippen molar-refractivity contribution in [3.05, 3.63) is 95.1 Å². The quantitative estimate of drug-likeness (QED) is 0.224. The minimum absolute atomic E-state index is 0.290. The molecule has 4 rings (SSSR count). The predicted octanol–water partition coefficient (Wildman–Crippen LogP) is 7.19. The fourth-order valence-corrected chi connectivity index (χ4v) is 4.64. The summed E-state index contributed by atoms with van der Waals surface area (Å²) in [4.78, 5) is 0. The number of phenolic OH excluding ortho intramolecular Hbond substituents is 2. The van der Waals surface area contributed by atoms with E-state index >= 15 is 0 Å². The fourth-order valence-electron chi connectivity index (χ4n) is 4.64. The predicted molar refractivity (Wildman–Crippen MR) is 143 cm³/mol. The van der Waals surface area contributed by atoms with E-state index in [9.17, 15) is 10.2 Å². The zero-order chi connectivity index (χ0) is 24.2. The summed E-state index contributed by atoms with van der Waals surface area (Å²) >= 11 is 0. The number of hydrogen-bond acceptors (Lipinski definition) is 4. The van der Waals surface area contributed by atoms with Gasteiger partial charge in [0.15, 0.2) is 0 Å². The van der Waals surface area contributed by atoms with E-state index in [2.05, 4.69) is 48.7 Å². The van der Waals surface area contributed by atoms with Gasteiger partial charge in [-0.3, -0.25) is 0 Å². The van der Waals surface area contributed by atoms with E-state index in [1.54, 1.807) is 12.1 Å². The highest BCUT2D eigenvalue weighted by Gasteiger charge is 2.16. The van der Waals surface area contributed by atoms with Gasteiger partial charge < -0.3 is 20.8 Å². The highest BCUT2D eigenvalue weighted by molar-refractivity contribution is 5.87. The van der Waals surface area contributed by atoms with Crippen LogP contribution < -0.4 is 10.6 Å². The summed E-state index contributed by atoms with van der Waals surface area (Å²) in [5.41, 5.74) is 10.1. The van der Waals surface area contributed by atoms with Crippen molar-refractivity contribution in [1.82, 2.24) is 0 Å². The maximum absolute atomic E-state index is 10.6. The van der Waals surface area contributed by atoms with Crippen LogP contribution in [0.5, 0.6) is 11.5 Å². The number of anilines is 2. The molecule has 0 amide bonds. The third-order valence-corrected chi connectivity index (χ3v) is 6.30. The third kappa shape index (κ3) is 4.58. The number of hydrogen-bond donors (Lipinski definition) is 4. The van der Waals surface area contributed by atoms with Crippen LogP contribution in [-0.4, -0.2) is 23.3 Å². The van der Waals surface area contributed by atoms with Crippen molar-refractivity contribution in [2.24, 2.45) is 0 Å². The van der Waals surface area contributed by atoms with Gasteiger partial charge in [0.2, 0.25) is 0 Å². The molecular formula is C30H32N2O2. The Kier molecular flexibility index (Phi) is 6.78. The molecule has 4 heteroatoms. The molecular weight excluding hydrogens is 420 g/mol. The van der Waals surface area contributed by atoms with Crippen molar-refractivity contribution in [2.45, 2.75) is 27.7 Å². The Labute approximate surface area is 201 Å². The first-order valence-corrected chi connectivity index (χ1v) is 11.6. The second kappa shape index (κ2) is 9.92. The first-order chi connectivity index (χ1) is 16.4. The zero-order valence-electron chi connectivity index (χ0n) is 20.2. The number of benzene rings is 4. The highest BCUT2D eigenvalue weighted by atomic mass is 16.3. The Hall–Kier alpha value is -3.92. The number of aromatic hydroxyl groups is 2. The average molecular weight is 453 g/mol. The van der Waals surface area contributed by atoms with Crippen molar-refractivity contribution in [2.75, 3.05) is 23.7 Å². The molecule has 34 heavy (non-hydrogen) atoms. The summed E-state index contributed by atoms with van der Waals surface area (Å²) in [5, 5.41) is 28.2. The van der Waals surface area contributed by atoms with Gasteiger partial charge >= 0.3 is 0 Å². The van der Waals surface area contributed by atoms with E-state index < -0.39 is 0 Å². The maximum Gasteiger partial charge on any atom is 0.123 e. The number of phenols is 2.